The second-order valence-electron chi connectivity index (χ2n) is 4.80. The van der Waals surface area contributed by atoms with Crippen LogP contribution in [0.5, 0.6) is 0 Å². The second kappa shape index (κ2) is 5.50. The number of carbonyl (C=O) groups is 1. The van der Waals surface area contributed by atoms with Crippen molar-refractivity contribution in [3.63, 3.8) is 0 Å². The molecular formula is C14H11Cl2N3O2. The molecule has 108 valence electrons. The van der Waals surface area contributed by atoms with Crippen molar-refractivity contribution in [1.82, 2.24) is 14.9 Å². The van der Waals surface area contributed by atoms with E-state index < -0.39 is 6.09 Å². The molecule has 3 rings (SSSR count). The highest BCUT2D eigenvalue weighted by Crippen LogP contribution is 2.30. The topological polar surface area (TPSA) is 66.3 Å². The molecular weight excluding hydrogens is 313 g/mol. The van der Waals surface area contributed by atoms with Crippen LogP contribution in [0.3, 0.4) is 0 Å². The molecule has 0 aliphatic carbocycles. The number of nitrogens with zero attached hydrogens (tertiary/aromatic N) is 3. The smallest absolute Gasteiger partial charge is 0.407 e. The lowest BCUT2D eigenvalue weighted by molar-refractivity contribution is 0.104. The first-order chi connectivity index (χ1) is 10.0. The molecule has 5 nitrogen and oxygen atoms in total. The van der Waals surface area contributed by atoms with Gasteiger partial charge in [-0.1, -0.05) is 35.3 Å². The van der Waals surface area contributed by atoms with Gasteiger partial charge in [0.25, 0.3) is 0 Å². The summed E-state index contributed by atoms with van der Waals surface area (Å²) >= 11 is 12.2. The van der Waals surface area contributed by atoms with Crippen LogP contribution >= 0.6 is 23.2 Å². The maximum absolute atomic E-state index is 10.8. The molecule has 0 unspecified atom stereocenters. The number of aromatic nitrogens is 2. The Morgan fingerprint density at radius 3 is 2.62 bits per heavy atom. The number of likely N-dealkylation sites (tertiary alicyclic amines) is 1. The van der Waals surface area contributed by atoms with Crippen molar-refractivity contribution in [3.05, 3.63) is 46.2 Å². The molecule has 2 heterocycles. The highest BCUT2D eigenvalue weighted by Gasteiger charge is 2.33. The fourth-order valence-corrected chi connectivity index (χ4v) is 2.64. The Balaban J connectivity index is 1.91. The normalized spacial score (nSPS) is 14.9. The van der Waals surface area contributed by atoms with Crippen LogP contribution in [-0.2, 0) is 0 Å². The third-order valence-corrected chi connectivity index (χ3v) is 3.92. The van der Waals surface area contributed by atoms with Gasteiger partial charge in [-0.25, -0.2) is 14.8 Å². The van der Waals surface area contributed by atoms with Crippen molar-refractivity contribution in [2.24, 2.45) is 0 Å². The first kappa shape index (κ1) is 14.1. The van der Waals surface area contributed by atoms with E-state index in [4.69, 9.17) is 28.3 Å². The van der Waals surface area contributed by atoms with Crippen LogP contribution in [0.1, 0.15) is 11.6 Å². The summed E-state index contributed by atoms with van der Waals surface area (Å²) in [6.45, 7) is 0.843. The first-order valence-corrected chi connectivity index (χ1v) is 7.07. The summed E-state index contributed by atoms with van der Waals surface area (Å²) in [6, 6.07) is 8.93. The number of carboxylic acid groups (broad SMARTS) is 1. The maximum Gasteiger partial charge on any atom is 0.407 e. The van der Waals surface area contributed by atoms with Crippen molar-refractivity contribution in [2.75, 3.05) is 13.1 Å². The minimum Gasteiger partial charge on any atom is -0.465 e. The zero-order chi connectivity index (χ0) is 15.0. The zero-order valence-electron chi connectivity index (χ0n) is 10.8. The van der Waals surface area contributed by atoms with Crippen LogP contribution in [0.2, 0.25) is 10.2 Å². The maximum atomic E-state index is 10.8. The van der Waals surface area contributed by atoms with Gasteiger partial charge in [0.2, 0.25) is 0 Å². The van der Waals surface area contributed by atoms with Gasteiger partial charge in [0.15, 0.2) is 5.82 Å². The largest absolute Gasteiger partial charge is 0.465 e. The molecule has 0 saturated carbocycles. The Morgan fingerprint density at radius 1 is 1.24 bits per heavy atom. The Labute approximate surface area is 131 Å². The predicted octanol–water partition coefficient (Wildman–Crippen LogP) is 3.53. The molecule has 0 radical (unpaired) electrons. The van der Waals surface area contributed by atoms with E-state index >= 15 is 0 Å². The molecule has 1 saturated heterocycles. The number of halogens is 2. The summed E-state index contributed by atoms with van der Waals surface area (Å²) in [5, 5.41) is 9.74. The molecule has 7 heteroatoms. The molecule has 0 atom stereocenters. The Morgan fingerprint density at radius 2 is 1.95 bits per heavy atom. The number of hydrogen-bond acceptors (Lipinski definition) is 3. The van der Waals surface area contributed by atoms with Crippen LogP contribution in [0.25, 0.3) is 11.4 Å². The molecule has 1 aliphatic rings. The molecule has 1 N–H and O–H groups in total. The lowest BCUT2D eigenvalue weighted by atomic mass is 9.96. The van der Waals surface area contributed by atoms with Gasteiger partial charge in [-0.2, -0.15) is 0 Å². The van der Waals surface area contributed by atoms with Gasteiger partial charge < -0.3 is 10.0 Å². The number of benzene rings is 1. The van der Waals surface area contributed by atoms with E-state index in [0.29, 0.717) is 34.7 Å². The summed E-state index contributed by atoms with van der Waals surface area (Å²) in [5.74, 6) is 0.500. The fourth-order valence-electron chi connectivity index (χ4n) is 2.23. The van der Waals surface area contributed by atoms with Gasteiger partial charge in [0.1, 0.15) is 5.15 Å². The second-order valence-corrected chi connectivity index (χ2v) is 5.60. The highest BCUT2D eigenvalue weighted by molar-refractivity contribution is 6.33. The third-order valence-electron chi connectivity index (χ3n) is 3.40. The fraction of sp³-hybridized carbons (Fsp3) is 0.214. The Kier molecular flexibility index (Phi) is 3.69. The number of hydrogen-bond donors (Lipinski definition) is 1. The van der Waals surface area contributed by atoms with Crippen LogP contribution in [0.15, 0.2) is 30.3 Å². The standard InChI is InChI=1S/C14H11Cl2N3O2/c15-10-4-2-1-3-9(10)13-17-11(5-12(16)18-13)8-6-19(7-8)14(20)21/h1-5,8H,6-7H2,(H,20,21). The third kappa shape index (κ3) is 2.80. The molecule has 1 aromatic carbocycles. The first-order valence-electron chi connectivity index (χ1n) is 6.32. The van der Waals surface area contributed by atoms with Crippen molar-refractivity contribution in [1.29, 1.82) is 0 Å². The quantitative estimate of drug-likeness (QED) is 0.858. The van der Waals surface area contributed by atoms with Gasteiger partial charge in [-0.3, -0.25) is 0 Å². The minimum absolute atomic E-state index is 0.0443. The molecule has 0 spiro atoms. The molecule has 1 aromatic heterocycles. The summed E-state index contributed by atoms with van der Waals surface area (Å²) in [7, 11) is 0. The van der Waals surface area contributed by atoms with Crippen LogP contribution in [0, 0.1) is 0 Å². The van der Waals surface area contributed by atoms with Crippen LogP contribution < -0.4 is 0 Å². The highest BCUT2D eigenvalue weighted by atomic mass is 35.5. The van der Waals surface area contributed by atoms with Crippen molar-refractivity contribution in [3.8, 4) is 11.4 Å². The summed E-state index contributed by atoms with van der Waals surface area (Å²) in [4.78, 5) is 20.8. The van der Waals surface area contributed by atoms with E-state index in [1.807, 2.05) is 18.2 Å². The lowest BCUT2D eigenvalue weighted by Crippen LogP contribution is -2.48. The van der Waals surface area contributed by atoms with E-state index in [-0.39, 0.29) is 5.92 Å². The van der Waals surface area contributed by atoms with Crippen LogP contribution in [-0.4, -0.2) is 39.2 Å². The van der Waals surface area contributed by atoms with Gasteiger partial charge >= 0.3 is 6.09 Å². The van der Waals surface area contributed by atoms with Crippen molar-refractivity contribution < 1.29 is 9.90 Å². The van der Waals surface area contributed by atoms with Gasteiger partial charge in [-0.05, 0) is 18.2 Å². The van der Waals surface area contributed by atoms with E-state index in [2.05, 4.69) is 9.97 Å². The lowest BCUT2D eigenvalue weighted by Gasteiger charge is -2.36. The van der Waals surface area contributed by atoms with E-state index in [0.717, 1.165) is 5.69 Å². The van der Waals surface area contributed by atoms with Gasteiger partial charge in [-0.15, -0.1) is 0 Å². The predicted molar refractivity (Wildman–Crippen MR) is 79.8 cm³/mol. The molecule has 21 heavy (non-hydrogen) atoms. The van der Waals surface area contributed by atoms with E-state index in [9.17, 15) is 4.79 Å². The molecule has 2 aromatic rings. The number of rotatable bonds is 2. The van der Waals surface area contributed by atoms with E-state index in [1.54, 1.807) is 12.1 Å². The van der Waals surface area contributed by atoms with E-state index in [1.165, 1.54) is 4.90 Å². The Bertz CT molecular complexity index is 702. The SMILES string of the molecule is O=C(O)N1CC(c2cc(Cl)nc(-c3ccccc3Cl)n2)C1. The molecule has 0 bridgehead atoms. The van der Waals surface area contributed by atoms with Gasteiger partial charge in [0, 0.05) is 24.6 Å². The summed E-state index contributed by atoms with van der Waals surface area (Å²) < 4.78 is 0. The average Bonchev–Trinajstić information content (AvgIpc) is 2.36. The molecule has 1 fully saturated rings. The summed E-state index contributed by atoms with van der Waals surface area (Å²) in [6.07, 6.45) is -0.919. The van der Waals surface area contributed by atoms with Crippen molar-refractivity contribution >= 4 is 29.3 Å². The molecule has 1 aliphatic heterocycles. The zero-order valence-corrected chi connectivity index (χ0v) is 12.3. The Hall–Kier alpha value is -1.85. The minimum atomic E-state index is -0.919. The summed E-state index contributed by atoms with van der Waals surface area (Å²) in [5.41, 5.74) is 1.44. The monoisotopic (exact) mass is 323 g/mol. The van der Waals surface area contributed by atoms with Crippen LogP contribution in [0.4, 0.5) is 4.79 Å². The molecule has 1 amide bonds. The van der Waals surface area contributed by atoms with Crippen molar-refractivity contribution in [2.45, 2.75) is 5.92 Å². The van der Waals surface area contributed by atoms with Gasteiger partial charge in [0.05, 0.1) is 10.7 Å². The number of amides is 1. The average molecular weight is 324 g/mol.